The Labute approximate surface area is 168 Å². The molecule has 2 aromatic carbocycles. The molecule has 3 rings (SSSR count). The number of carbonyl (C=O) groups excluding carboxylic acids is 1. The zero-order valence-corrected chi connectivity index (χ0v) is 16.3. The number of amides is 1. The van der Waals surface area contributed by atoms with E-state index in [0.29, 0.717) is 5.02 Å². The highest BCUT2D eigenvalue weighted by molar-refractivity contribution is 7.92. The van der Waals surface area contributed by atoms with Crippen LogP contribution in [-0.2, 0) is 10.0 Å². The summed E-state index contributed by atoms with van der Waals surface area (Å²) in [6.07, 6.45) is 1.12. The number of aromatic nitrogens is 1. The fourth-order valence-corrected chi connectivity index (χ4v) is 4.04. The SMILES string of the molecule is O=C(O)c1cnc(NC(=O)c2ccccc2NS(=O)(=O)c2ccc(Cl)cc2)s1. The van der Waals surface area contributed by atoms with Crippen molar-refractivity contribution < 1.29 is 23.1 Å². The number of nitrogens with zero attached hydrogens (tertiary/aromatic N) is 1. The van der Waals surface area contributed by atoms with E-state index in [-0.39, 0.29) is 26.2 Å². The molecule has 0 bridgehead atoms. The lowest BCUT2D eigenvalue weighted by Crippen LogP contribution is -2.18. The van der Waals surface area contributed by atoms with E-state index in [1.807, 2.05) is 0 Å². The van der Waals surface area contributed by atoms with E-state index in [1.165, 1.54) is 36.4 Å². The summed E-state index contributed by atoms with van der Waals surface area (Å²) in [6, 6.07) is 11.6. The second kappa shape index (κ2) is 7.97. The first-order valence-electron chi connectivity index (χ1n) is 7.64. The molecule has 0 saturated carbocycles. The number of rotatable bonds is 6. The van der Waals surface area contributed by atoms with Gasteiger partial charge in [0.05, 0.1) is 22.3 Å². The lowest BCUT2D eigenvalue weighted by atomic mass is 10.2. The highest BCUT2D eigenvalue weighted by atomic mass is 35.5. The summed E-state index contributed by atoms with van der Waals surface area (Å²) in [5.41, 5.74) is 0.108. The number of benzene rings is 2. The van der Waals surface area contributed by atoms with Crippen LogP contribution >= 0.6 is 22.9 Å². The van der Waals surface area contributed by atoms with Crippen LogP contribution in [0.1, 0.15) is 20.0 Å². The molecule has 0 spiro atoms. The molecule has 3 N–H and O–H groups in total. The number of anilines is 2. The molecule has 0 radical (unpaired) electrons. The minimum atomic E-state index is -3.95. The predicted octanol–water partition coefficient (Wildman–Crippen LogP) is 3.55. The average Bonchev–Trinajstić information content (AvgIpc) is 3.11. The first-order chi connectivity index (χ1) is 13.3. The van der Waals surface area contributed by atoms with Crippen LogP contribution in [0.15, 0.2) is 59.6 Å². The van der Waals surface area contributed by atoms with Gasteiger partial charge in [-0.25, -0.2) is 18.2 Å². The molecule has 0 aliphatic rings. The maximum atomic E-state index is 12.6. The molecule has 8 nitrogen and oxygen atoms in total. The maximum Gasteiger partial charge on any atom is 0.347 e. The van der Waals surface area contributed by atoms with Crippen molar-refractivity contribution in [3.05, 3.63) is 70.2 Å². The fraction of sp³-hybridized carbons (Fsp3) is 0. The Morgan fingerprint density at radius 3 is 2.39 bits per heavy atom. The maximum absolute atomic E-state index is 12.6. The molecule has 0 fully saturated rings. The molecular formula is C17H12ClN3O5S2. The van der Waals surface area contributed by atoms with Gasteiger partial charge in [0.25, 0.3) is 15.9 Å². The van der Waals surface area contributed by atoms with Crippen molar-refractivity contribution in [3.8, 4) is 0 Å². The zero-order chi connectivity index (χ0) is 20.3. The van der Waals surface area contributed by atoms with Crippen LogP contribution in [0.2, 0.25) is 5.02 Å². The molecule has 11 heteroatoms. The molecule has 0 atom stereocenters. The first-order valence-corrected chi connectivity index (χ1v) is 10.3. The van der Waals surface area contributed by atoms with E-state index in [9.17, 15) is 18.0 Å². The van der Waals surface area contributed by atoms with Gasteiger partial charge in [-0.1, -0.05) is 35.1 Å². The van der Waals surface area contributed by atoms with Crippen molar-refractivity contribution >= 4 is 55.7 Å². The van der Waals surface area contributed by atoms with E-state index in [1.54, 1.807) is 12.1 Å². The number of thiazole rings is 1. The second-order valence-electron chi connectivity index (χ2n) is 5.39. The number of carboxylic acids is 1. The third-order valence-electron chi connectivity index (χ3n) is 3.48. The summed E-state index contributed by atoms with van der Waals surface area (Å²) >= 11 is 6.56. The molecule has 0 saturated heterocycles. The monoisotopic (exact) mass is 437 g/mol. The number of para-hydroxylation sites is 1. The molecule has 1 amide bonds. The van der Waals surface area contributed by atoms with Crippen LogP contribution < -0.4 is 10.0 Å². The lowest BCUT2D eigenvalue weighted by molar-refractivity contribution is 0.0701. The molecule has 0 aliphatic heterocycles. The van der Waals surface area contributed by atoms with Crippen LogP contribution in [0.5, 0.6) is 0 Å². The Hall–Kier alpha value is -2.95. The zero-order valence-electron chi connectivity index (χ0n) is 13.9. The predicted molar refractivity (Wildman–Crippen MR) is 106 cm³/mol. The molecular weight excluding hydrogens is 426 g/mol. The van der Waals surface area contributed by atoms with Gasteiger partial charge in [0.2, 0.25) is 0 Å². The van der Waals surface area contributed by atoms with Crippen LogP contribution in [0.4, 0.5) is 10.8 Å². The number of halogens is 1. The third-order valence-corrected chi connectivity index (χ3v) is 6.01. The van der Waals surface area contributed by atoms with Crippen LogP contribution in [0.3, 0.4) is 0 Å². The number of nitrogens with one attached hydrogen (secondary N) is 2. The standard InChI is InChI=1S/C17H12ClN3O5S2/c18-10-5-7-11(8-6-10)28(25,26)21-13-4-2-1-3-12(13)15(22)20-17-19-9-14(27-17)16(23)24/h1-9,21H,(H,23,24)(H,19,20,22). The number of carboxylic acid groups (broad SMARTS) is 1. The van der Waals surface area contributed by atoms with Gasteiger partial charge in [-0.05, 0) is 36.4 Å². The molecule has 144 valence electrons. The van der Waals surface area contributed by atoms with E-state index in [2.05, 4.69) is 15.0 Å². The van der Waals surface area contributed by atoms with E-state index < -0.39 is 21.9 Å². The molecule has 0 unspecified atom stereocenters. The van der Waals surface area contributed by atoms with Gasteiger partial charge in [0, 0.05) is 5.02 Å². The van der Waals surface area contributed by atoms with Crippen LogP contribution in [0, 0.1) is 0 Å². The Bertz CT molecular complexity index is 1140. The lowest BCUT2D eigenvalue weighted by Gasteiger charge is -2.12. The van der Waals surface area contributed by atoms with Crippen LogP contribution in [-0.4, -0.2) is 30.4 Å². The number of sulfonamides is 1. The highest BCUT2D eigenvalue weighted by Gasteiger charge is 2.19. The second-order valence-corrected chi connectivity index (χ2v) is 8.54. The smallest absolute Gasteiger partial charge is 0.347 e. The van der Waals surface area contributed by atoms with E-state index in [4.69, 9.17) is 16.7 Å². The van der Waals surface area contributed by atoms with Gasteiger partial charge in [0.15, 0.2) is 5.13 Å². The fourth-order valence-electron chi connectivity index (χ4n) is 2.18. The highest BCUT2D eigenvalue weighted by Crippen LogP contribution is 2.24. The Morgan fingerprint density at radius 1 is 1.07 bits per heavy atom. The van der Waals surface area contributed by atoms with E-state index in [0.717, 1.165) is 17.5 Å². The van der Waals surface area contributed by atoms with Crippen molar-refractivity contribution in [2.75, 3.05) is 10.0 Å². The Morgan fingerprint density at radius 2 is 1.75 bits per heavy atom. The molecule has 28 heavy (non-hydrogen) atoms. The van der Waals surface area contributed by atoms with Crippen molar-refractivity contribution in [1.29, 1.82) is 0 Å². The van der Waals surface area contributed by atoms with Crippen LogP contribution in [0.25, 0.3) is 0 Å². The average molecular weight is 438 g/mol. The van der Waals surface area contributed by atoms with Crippen molar-refractivity contribution in [3.63, 3.8) is 0 Å². The minimum absolute atomic E-state index is 0.0156. The van der Waals surface area contributed by atoms with Crippen molar-refractivity contribution in [1.82, 2.24) is 4.98 Å². The number of aromatic carboxylic acids is 1. The van der Waals surface area contributed by atoms with Gasteiger partial charge in [-0.15, -0.1) is 0 Å². The largest absolute Gasteiger partial charge is 0.477 e. The number of hydrogen-bond donors (Lipinski definition) is 3. The first kappa shape index (κ1) is 19.8. The number of carbonyl (C=O) groups is 2. The normalized spacial score (nSPS) is 11.0. The van der Waals surface area contributed by atoms with Gasteiger partial charge in [-0.3, -0.25) is 14.8 Å². The minimum Gasteiger partial charge on any atom is -0.477 e. The van der Waals surface area contributed by atoms with E-state index >= 15 is 0 Å². The van der Waals surface area contributed by atoms with Gasteiger partial charge >= 0.3 is 5.97 Å². The number of hydrogen-bond acceptors (Lipinski definition) is 6. The third kappa shape index (κ3) is 4.47. The van der Waals surface area contributed by atoms with Gasteiger partial charge in [0.1, 0.15) is 4.88 Å². The topological polar surface area (TPSA) is 125 Å². The van der Waals surface area contributed by atoms with Crippen molar-refractivity contribution in [2.24, 2.45) is 0 Å². The molecule has 3 aromatic rings. The van der Waals surface area contributed by atoms with Gasteiger partial charge in [-0.2, -0.15) is 0 Å². The summed E-state index contributed by atoms with van der Waals surface area (Å²) in [6.45, 7) is 0. The van der Waals surface area contributed by atoms with Crippen molar-refractivity contribution in [2.45, 2.75) is 4.90 Å². The molecule has 1 heterocycles. The summed E-state index contributed by atoms with van der Waals surface area (Å²) < 4.78 is 27.5. The van der Waals surface area contributed by atoms with Gasteiger partial charge < -0.3 is 5.11 Å². The Balaban J connectivity index is 1.85. The summed E-state index contributed by atoms with van der Waals surface area (Å²) in [5.74, 6) is -1.80. The quantitative estimate of drug-likeness (QED) is 0.541. The summed E-state index contributed by atoms with van der Waals surface area (Å²) in [5, 5.41) is 11.9. The molecule has 1 aromatic heterocycles. The summed E-state index contributed by atoms with van der Waals surface area (Å²) in [7, 11) is -3.95. The Kier molecular flexibility index (Phi) is 5.63. The summed E-state index contributed by atoms with van der Waals surface area (Å²) in [4.78, 5) is 27.2. The molecule has 0 aliphatic carbocycles.